The third-order valence-electron chi connectivity index (χ3n) is 3.66. The van der Waals surface area contributed by atoms with E-state index in [9.17, 15) is 8.42 Å². The number of sulfonamides is 1. The van der Waals surface area contributed by atoms with Crippen molar-refractivity contribution in [2.45, 2.75) is 18.4 Å². The van der Waals surface area contributed by atoms with Gasteiger partial charge in [0, 0.05) is 18.6 Å². The van der Waals surface area contributed by atoms with E-state index < -0.39 is 10.0 Å². The summed E-state index contributed by atoms with van der Waals surface area (Å²) in [6.45, 7) is 1.80. The van der Waals surface area contributed by atoms with Crippen LogP contribution in [0.1, 0.15) is 11.5 Å². The van der Waals surface area contributed by atoms with Crippen molar-refractivity contribution < 1.29 is 12.8 Å². The Labute approximate surface area is 140 Å². The molecule has 24 heavy (non-hydrogen) atoms. The molecule has 0 spiro atoms. The van der Waals surface area contributed by atoms with Crippen molar-refractivity contribution in [2.24, 2.45) is 7.05 Å². The van der Waals surface area contributed by atoms with Gasteiger partial charge in [0.25, 0.3) is 0 Å². The Morgan fingerprint density at radius 2 is 2.25 bits per heavy atom. The fraction of sp³-hybridized carbons (Fsp3) is 0.250. The summed E-state index contributed by atoms with van der Waals surface area (Å²) >= 11 is 0. The molecule has 0 amide bonds. The average molecular weight is 344 g/mol. The predicted molar refractivity (Wildman–Crippen MR) is 88.4 cm³/mol. The first-order valence-electron chi connectivity index (χ1n) is 7.19. The first-order valence-corrected chi connectivity index (χ1v) is 8.63. The van der Waals surface area contributed by atoms with E-state index in [-0.39, 0.29) is 18.0 Å². The molecular formula is C16H16N4O3S. The van der Waals surface area contributed by atoms with E-state index in [1.54, 1.807) is 29.9 Å². The molecule has 0 atom stereocenters. The number of aryl methyl sites for hydroxylation is 2. The van der Waals surface area contributed by atoms with Crippen LogP contribution in [0.2, 0.25) is 0 Å². The Hall–Kier alpha value is -2.63. The molecule has 3 rings (SSSR count). The number of nitrogens with zero attached hydrogens (tertiary/aromatic N) is 4. The molecule has 0 radical (unpaired) electrons. The quantitative estimate of drug-likeness (QED) is 0.658. The molecule has 0 unspecified atom stereocenters. The van der Waals surface area contributed by atoms with Gasteiger partial charge in [0.1, 0.15) is 10.7 Å². The van der Waals surface area contributed by atoms with Gasteiger partial charge in [0.15, 0.2) is 5.65 Å². The van der Waals surface area contributed by atoms with Gasteiger partial charge in [-0.25, -0.2) is 13.4 Å². The van der Waals surface area contributed by atoms with Gasteiger partial charge in [-0.1, -0.05) is 5.92 Å². The van der Waals surface area contributed by atoms with Crippen LogP contribution in [0.5, 0.6) is 0 Å². The number of fused-ring (bicyclic) bond motifs is 1. The van der Waals surface area contributed by atoms with Crippen molar-refractivity contribution in [3.8, 4) is 12.3 Å². The molecule has 0 aliphatic rings. The molecule has 0 fully saturated rings. The summed E-state index contributed by atoms with van der Waals surface area (Å²) in [5, 5.41) is 4.95. The highest BCUT2D eigenvalue weighted by atomic mass is 32.2. The minimum absolute atomic E-state index is 0.0591. The molecule has 0 saturated heterocycles. The van der Waals surface area contributed by atoms with Gasteiger partial charge in [0.2, 0.25) is 10.0 Å². The fourth-order valence-corrected chi connectivity index (χ4v) is 3.78. The van der Waals surface area contributed by atoms with Gasteiger partial charge in [-0.05, 0) is 25.1 Å². The van der Waals surface area contributed by atoms with Crippen LogP contribution in [0.4, 0.5) is 0 Å². The summed E-state index contributed by atoms with van der Waals surface area (Å²) in [6, 6.07) is 4.97. The minimum Gasteiger partial charge on any atom is -0.468 e. The average Bonchev–Trinajstić information content (AvgIpc) is 3.15. The van der Waals surface area contributed by atoms with Gasteiger partial charge in [0.05, 0.1) is 25.0 Å². The van der Waals surface area contributed by atoms with E-state index >= 15 is 0 Å². The zero-order valence-corrected chi connectivity index (χ0v) is 14.1. The molecule has 3 heterocycles. The van der Waals surface area contributed by atoms with Gasteiger partial charge in [-0.15, -0.1) is 6.42 Å². The SMILES string of the molecule is C#CCN(Cc1ccco1)S(=O)(=O)c1cnc2c(c1)c(C)nn2C. The summed E-state index contributed by atoms with van der Waals surface area (Å²) in [7, 11) is -2.05. The minimum atomic E-state index is -3.81. The summed E-state index contributed by atoms with van der Waals surface area (Å²) < 4.78 is 33.9. The van der Waals surface area contributed by atoms with Crippen LogP contribution in [0, 0.1) is 19.3 Å². The Balaban J connectivity index is 2.04. The van der Waals surface area contributed by atoms with E-state index in [2.05, 4.69) is 16.0 Å². The normalized spacial score (nSPS) is 11.9. The lowest BCUT2D eigenvalue weighted by molar-refractivity contribution is 0.389. The summed E-state index contributed by atoms with van der Waals surface area (Å²) in [5.74, 6) is 2.89. The van der Waals surface area contributed by atoms with Crippen LogP contribution < -0.4 is 0 Å². The Morgan fingerprint density at radius 3 is 2.92 bits per heavy atom. The lowest BCUT2D eigenvalue weighted by atomic mass is 10.3. The summed E-state index contributed by atoms with van der Waals surface area (Å²) in [6.07, 6.45) is 8.15. The van der Waals surface area contributed by atoms with Crippen LogP contribution in [0.25, 0.3) is 11.0 Å². The van der Waals surface area contributed by atoms with Gasteiger partial charge < -0.3 is 4.42 Å². The molecule has 8 heteroatoms. The van der Waals surface area contributed by atoms with Crippen LogP contribution in [0.3, 0.4) is 0 Å². The summed E-state index contributed by atoms with van der Waals surface area (Å²) in [4.78, 5) is 4.30. The third kappa shape index (κ3) is 2.79. The van der Waals surface area contributed by atoms with Gasteiger partial charge >= 0.3 is 0 Å². The fourth-order valence-electron chi connectivity index (χ4n) is 2.48. The second-order valence-corrected chi connectivity index (χ2v) is 7.25. The van der Waals surface area contributed by atoms with Gasteiger partial charge in [-0.3, -0.25) is 4.68 Å². The van der Waals surface area contributed by atoms with Crippen LogP contribution in [0.15, 0.2) is 40.0 Å². The highest BCUT2D eigenvalue weighted by Crippen LogP contribution is 2.23. The number of furan rings is 1. The molecule has 0 aromatic carbocycles. The van der Waals surface area contributed by atoms with E-state index in [0.29, 0.717) is 22.5 Å². The van der Waals surface area contributed by atoms with Crippen LogP contribution in [-0.2, 0) is 23.6 Å². The predicted octanol–water partition coefficient (Wildman–Crippen LogP) is 1.69. The van der Waals surface area contributed by atoms with Crippen molar-refractivity contribution in [3.05, 3.63) is 42.1 Å². The second kappa shape index (κ2) is 6.11. The molecule has 0 N–H and O–H groups in total. The summed E-state index contributed by atoms with van der Waals surface area (Å²) in [5.41, 5.74) is 1.34. The Kier molecular flexibility index (Phi) is 4.13. The van der Waals surface area contributed by atoms with Crippen LogP contribution >= 0.6 is 0 Å². The first-order chi connectivity index (χ1) is 11.4. The smallest absolute Gasteiger partial charge is 0.245 e. The lowest BCUT2D eigenvalue weighted by Crippen LogP contribution is -2.31. The standard InChI is InChI=1S/C16H16N4O3S/c1-4-7-20(11-13-6-5-8-23-13)24(21,22)14-9-15-12(2)18-19(3)16(15)17-10-14/h1,5-6,8-10H,7,11H2,2-3H3. The van der Waals surface area contributed by atoms with Crippen LogP contribution in [-0.4, -0.2) is 34.0 Å². The largest absolute Gasteiger partial charge is 0.468 e. The molecule has 0 saturated carbocycles. The van der Waals surface area contributed by atoms with Crippen molar-refractivity contribution in [1.82, 2.24) is 19.1 Å². The molecule has 3 aromatic rings. The Morgan fingerprint density at radius 1 is 1.46 bits per heavy atom. The number of hydrogen-bond acceptors (Lipinski definition) is 5. The molecule has 0 aliphatic heterocycles. The maximum absolute atomic E-state index is 12.9. The first kappa shape index (κ1) is 16.2. The number of rotatable bonds is 5. The van der Waals surface area contributed by atoms with E-state index in [1.807, 2.05) is 6.92 Å². The maximum atomic E-state index is 12.9. The highest BCUT2D eigenvalue weighted by Gasteiger charge is 2.26. The lowest BCUT2D eigenvalue weighted by Gasteiger charge is -2.18. The third-order valence-corrected chi connectivity index (χ3v) is 5.41. The topological polar surface area (TPSA) is 81.2 Å². The van der Waals surface area contributed by atoms with E-state index in [4.69, 9.17) is 10.8 Å². The second-order valence-electron chi connectivity index (χ2n) is 5.31. The zero-order chi connectivity index (χ0) is 17.3. The molecule has 3 aromatic heterocycles. The number of pyridine rings is 1. The van der Waals surface area contributed by atoms with Crippen molar-refractivity contribution in [2.75, 3.05) is 6.54 Å². The molecule has 7 nitrogen and oxygen atoms in total. The molecule has 124 valence electrons. The molecule has 0 aliphatic carbocycles. The van der Waals surface area contributed by atoms with Crippen molar-refractivity contribution in [1.29, 1.82) is 0 Å². The molecule has 0 bridgehead atoms. The number of hydrogen-bond donors (Lipinski definition) is 0. The van der Waals surface area contributed by atoms with E-state index in [0.717, 1.165) is 0 Å². The number of aromatic nitrogens is 3. The van der Waals surface area contributed by atoms with Crippen molar-refractivity contribution >= 4 is 21.1 Å². The zero-order valence-electron chi connectivity index (χ0n) is 13.3. The highest BCUT2D eigenvalue weighted by molar-refractivity contribution is 7.89. The monoisotopic (exact) mass is 344 g/mol. The maximum Gasteiger partial charge on any atom is 0.245 e. The molecular weight excluding hydrogens is 328 g/mol. The van der Waals surface area contributed by atoms with E-state index in [1.165, 1.54) is 16.8 Å². The van der Waals surface area contributed by atoms with Crippen molar-refractivity contribution in [3.63, 3.8) is 0 Å². The van der Waals surface area contributed by atoms with Gasteiger partial charge in [-0.2, -0.15) is 9.40 Å². The number of terminal acetylenes is 1. The Bertz CT molecular complexity index is 1010.